The lowest BCUT2D eigenvalue weighted by Crippen LogP contribution is -2.45. The molecule has 0 aliphatic heterocycles. The average Bonchev–Trinajstić information content (AvgIpc) is 3.36. The lowest BCUT2D eigenvalue weighted by Gasteiger charge is -2.26. The molecule has 1 N–H and O–H groups in total. The first-order valence-electron chi connectivity index (χ1n) is 8.28. The van der Waals surface area contributed by atoms with Crippen LogP contribution in [0.4, 0.5) is 0 Å². The molecule has 1 aromatic carbocycles. The molecule has 1 aliphatic carbocycles. The lowest BCUT2D eigenvalue weighted by atomic mass is 10.2. The molecule has 1 aromatic rings. The molecule has 0 saturated heterocycles. The Labute approximate surface area is 148 Å². The minimum atomic E-state index is -1.16. The van der Waals surface area contributed by atoms with Crippen LogP contribution in [-0.2, 0) is 22.7 Å². The van der Waals surface area contributed by atoms with E-state index in [1.54, 1.807) is 7.11 Å². The normalized spacial score (nSPS) is 16.9. The van der Waals surface area contributed by atoms with E-state index in [1.165, 1.54) is 12.8 Å². The number of rotatable bonds is 7. The summed E-state index contributed by atoms with van der Waals surface area (Å²) in [6.07, 6.45) is 2.35. The molecule has 2 unspecified atom stereocenters. The summed E-state index contributed by atoms with van der Waals surface area (Å²) in [5, 5.41) is 0. The van der Waals surface area contributed by atoms with Crippen molar-refractivity contribution in [3.63, 3.8) is 0 Å². The summed E-state index contributed by atoms with van der Waals surface area (Å²) in [5.74, 6) is 7.76. The second-order valence-corrected chi connectivity index (χ2v) is 8.98. The van der Waals surface area contributed by atoms with Crippen molar-refractivity contribution in [3.05, 3.63) is 29.8 Å². The molecule has 0 aromatic heterocycles. The van der Waals surface area contributed by atoms with Crippen LogP contribution in [0, 0.1) is 17.8 Å². The lowest BCUT2D eigenvalue weighted by molar-refractivity contribution is 0.115. The SMILES string of the molecule is COc1ccc(COCC(C#CC2CC2)N[S+]([O-])C(C)(C)C)cc1. The van der Waals surface area contributed by atoms with Crippen LogP contribution in [0.5, 0.6) is 5.75 Å². The number of ether oxygens (including phenoxy) is 2. The number of benzene rings is 1. The van der Waals surface area contributed by atoms with E-state index in [4.69, 9.17) is 9.47 Å². The summed E-state index contributed by atoms with van der Waals surface area (Å²) in [5.41, 5.74) is 1.07. The van der Waals surface area contributed by atoms with Gasteiger partial charge in [0.25, 0.3) is 0 Å². The highest BCUT2D eigenvalue weighted by atomic mass is 32.2. The Morgan fingerprint density at radius 2 is 1.96 bits per heavy atom. The highest BCUT2D eigenvalue weighted by Gasteiger charge is 2.29. The van der Waals surface area contributed by atoms with E-state index in [1.807, 2.05) is 45.0 Å². The van der Waals surface area contributed by atoms with Gasteiger partial charge in [-0.15, -0.1) is 4.72 Å². The van der Waals surface area contributed by atoms with E-state index >= 15 is 0 Å². The Kier molecular flexibility index (Phi) is 7.00. The molecule has 2 atom stereocenters. The van der Waals surface area contributed by atoms with Crippen molar-refractivity contribution in [2.24, 2.45) is 5.92 Å². The molecule has 0 spiro atoms. The fourth-order valence-corrected chi connectivity index (χ4v) is 2.61. The van der Waals surface area contributed by atoms with Crippen LogP contribution >= 0.6 is 0 Å². The molecule has 132 valence electrons. The predicted molar refractivity (Wildman–Crippen MR) is 98.0 cm³/mol. The topological polar surface area (TPSA) is 53.5 Å². The minimum absolute atomic E-state index is 0.219. The third-order valence-corrected chi connectivity index (χ3v) is 5.17. The van der Waals surface area contributed by atoms with E-state index in [-0.39, 0.29) is 10.8 Å². The summed E-state index contributed by atoms with van der Waals surface area (Å²) in [4.78, 5) is 0. The van der Waals surface area contributed by atoms with Gasteiger partial charge in [0.1, 0.15) is 16.5 Å². The highest BCUT2D eigenvalue weighted by Crippen LogP contribution is 2.27. The molecule has 0 amide bonds. The number of nitrogens with one attached hydrogen (secondary N) is 1. The Morgan fingerprint density at radius 3 is 2.50 bits per heavy atom. The molecule has 0 radical (unpaired) electrons. The molecule has 5 heteroatoms. The van der Waals surface area contributed by atoms with Gasteiger partial charge < -0.3 is 14.0 Å². The zero-order valence-electron chi connectivity index (χ0n) is 14.9. The fourth-order valence-electron chi connectivity index (χ4n) is 1.87. The first-order chi connectivity index (χ1) is 11.4. The van der Waals surface area contributed by atoms with Crippen LogP contribution in [0.1, 0.15) is 39.2 Å². The zero-order valence-corrected chi connectivity index (χ0v) is 15.7. The molecule has 4 nitrogen and oxygen atoms in total. The molecular formula is C19H27NO3S. The zero-order chi connectivity index (χ0) is 17.6. The average molecular weight is 349 g/mol. The first kappa shape index (κ1) is 19.1. The van der Waals surface area contributed by atoms with E-state index in [9.17, 15) is 4.55 Å². The Morgan fingerprint density at radius 1 is 1.29 bits per heavy atom. The van der Waals surface area contributed by atoms with Crippen molar-refractivity contribution in [2.45, 2.75) is 51.0 Å². The minimum Gasteiger partial charge on any atom is -0.598 e. The van der Waals surface area contributed by atoms with Gasteiger partial charge in [0.05, 0.1) is 20.3 Å². The molecule has 1 fully saturated rings. The van der Waals surface area contributed by atoms with Gasteiger partial charge in [-0.05, 0) is 51.3 Å². The molecular weight excluding hydrogens is 322 g/mol. The number of hydrogen-bond acceptors (Lipinski definition) is 4. The van der Waals surface area contributed by atoms with Crippen LogP contribution < -0.4 is 9.46 Å². The summed E-state index contributed by atoms with van der Waals surface area (Å²) in [6.45, 7) is 6.74. The van der Waals surface area contributed by atoms with Crippen LogP contribution in [0.2, 0.25) is 0 Å². The quantitative estimate of drug-likeness (QED) is 0.607. The van der Waals surface area contributed by atoms with E-state index in [0.29, 0.717) is 19.1 Å². The van der Waals surface area contributed by atoms with Gasteiger partial charge in [-0.3, -0.25) is 0 Å². The van der Waals surface area contributed by atoms with Crippen molar-refractivity contribution in [1.29, 1.82) is 0 Å². The molecule has 2 rings (SSSR count). The molecule has 1 aliphatic rings. The van der Waals surface area contributed by atoms with E-state index < -0.39 is 11.4 Å². The van der Waals surface area contributed by atoms with Crippen LogP contribution in [0.25, 0.3) is 0 Å². The van der Waals surface area contributed by atoms with Crippen LogP contribution in [-0.4, -0.2) is 29.1 Å². The number of methoxy groups -OCH3 is 1. The summed E-state index contributed by atoms with van der Waals surface area (Å²) in [6, 6.07) is 7.56. The van der Waals surface area contributed by atoms with Crippen molar-refractivity contribution < 1.29 is 14.0 Å². The van der Waals surface area contributed by atoms with Gasteiger partial charge in [0.2, 0.25) is 0 Å². The summed E-state index contributed by atoms with van der Waals surface area (Å²) in [7, 11) is 1.65. The second-order valence-electron chi connectivity index (χ2n) is 6.98. The van der Waals surface area contributed by atoms with Crippen molar-refractivity contribution >= 4 is 11.4 Å². The maximum atomic E-state index is 12.3. The van der Waals surface area contributed by atoms with Gasteiger partial charge in [0, 0.05) is 17.3 Å². The summed E-state index contributed by atoms with van der Waals surface area (Å²) < 4.78 is 26.0. The molecule has 24 heavy (non-hydrogen) atoms. The van der Waals surface area contributed by atoms with E-state index in [0.717, 1.165) is 11.3 Å². The van der Waals surface area contributed by atoms with Crippen LogP contribution in [0.3, 0.4) is 0 Å². The maximum Gasteiger partial charge on any atom is 0.136 e. The third kappa shape index (κ3) is 6.74. The third-order valence-electron chi connectivity index (χ3n) is 3.56. The maximum absolute atomic E-state index is 12.3. The van der Waals surface area contributed by atoms with Gasteiger partial charge in [0.15, 0.2) is 0 Å². The fraction of sp³-hybridized carbons (Fsp3) is 0.579. The van der Waals surface area contributed by atoms with Gasteiger partial charge >= 0.3 is 0 Å². The second kappa shape index (κ2) is 8.77. The van der Waals surface area contributed by atoms with Gasteiger partial charge in [-0.25, -0.2) is 0 Å². The van der Waals surface area contributed by atoms with Gasteiger partial charge in [-0.2, -0.15) is 0 Å². The molecule has 0 bridgehead atoms. The first-order valence-corrected chi connectivity index (χ1v) is 9.43. The summed E-state index contributed by atoms with van der Waals surface area (Å²) >= 11 is -1.16. The monoisotopic (exact) mass is 349 g/mol. The van der Waals surface area contributed by atoms with E-state index in [2.05, 4.69) is 16.6 Å². The van der Waals surface area contributed by atoms with Crippen molar-refractivity contribution in [1.82, 2.24) is 4.72 Å². The standard InChI is InChI=1S/C19H27NO3S/c1-19(2,3)24(21)20-17(10-7-15-5-6-15)14-23-13-16-8-11-18(22-4)12-9-16/h8-9,11-12,15,17,20H,5-6,13-14H2,1-4H3. The van der Waals surface area contributed by atoms with Crippen molar-refractivity contribution in [2.75, 3.05) is 13.7 Å². The van der Waals surface area contributed by atoms with Gasteiger partial charge in [-0.1, -0.05) is 24.0 Å². The largest absolute Gasteiger partial charge is 0.598 e. The predicted octanol–water partition coefficient (Wildman–Crippen LogP) is 3.05. The highest BCUT2D eigenvalue weighted by molar-refractivity contribution is 7.90. The Hall–Kier alpha value is -1.19. The van der Waals surface area contributed by atoms with Crippen molar-refractivity contribution in [3.8, 4) is 17.6 Å². The Bertz CT molecular complexity index is 567. The Balaban J connectivity index is 1.86. The molecule has 0 heterocycles. The molecule has 1 saturated carbocycles. The smallest absolute Gasteiger partial charge is 0.136 e. The number of hydrogen-bond donors (Lipinski definition) is 1. The van der Waals surface area contributed by atoms with Crippen LogP contribution in [0.15, 0.2) is 24.3 Å².